The van der Waals surface area contributed by atoms with E-state index in [-0.39, 0.29) is 12.3 Å². The van der Waals surface area contributed by atoms with Gasteiger partial charge in [-0.05, 0) is 11.6 Å². The number of carbonyl (C=O) groups is 2. The molecule has 1 saturated heterocycles. The van der Waals surface area contributed by atoms with Gasteiger partial charge in [0.15, 0.2) is 0 Å². The number of hydrogen-bond donors (Lipinski definition) is 1. The molecule has 0 radical (unpaired) electrons. The van der Waals surface area contributed by atoms with Crippen molar-refractivity contribution in [1.29, 1.82) is 0 Å². The molecule has 0 spiro atoms. The Labute approximate surface area is 163 Å². The molecule has 3 aromatic rings. The van der Waals surface area contributed by atoms with Gasteiger partial charge in [-0.15, -0.1) is 0 Å². The van der Waals surface area contributed by atoms with Crippen molar-refractivity contribution >= 4 is 22.8 Å². The van der Waals surface area contributed by atoms with Crippen LogP contribution in [-0.4, -0.2) is 48.1 Å². The number of para-hydroxylation sites is 1. The summed E-state index contributed by atoms with van der Waals surface area (Å²) in [4.78, 5) is 30.6. The number of aromatic amines is 1. The molecule has 1 aliphatic rings. The first-order valence-electron chi connectivity index (χ1n) is 9.38. The summed E-state index contributed by atoms with van der Waals surface area (Å²) in [7, 11) is 0. The molecule has 28 heavy (non-hydrogen) atoms. The molecule has 1 amide bonds. The molecule has 1 aliphatic heterocycles. The molecule has 4 rings (SSSR count). The van der Waals surface area contributed by atoms with Crippen LogP contribution in [0.4, 0.5) is 0 Å². The highest BCUT2D eigenvalue weighted by Crippen LogP contribution is 2.23. The fraction of sp³-hybridized carbons (Fsp3) is 0.273. The zero-order valence-electron chi connectivity index (χ0n) is 15.5. The van der Waals surface area contributed by atoms with Crippen LogP contribution in [0.5, 0.6) is 0 Å². The van der Waals surface area contributed by atoms with Crippen LogP contribution < -0.4 is 0 Å². The third-order valence-corrected chi connectivity index (χ3v) is 4.91. The van der Waals surface area contributed by atoms with Crippen LogP contribution in [-0.2, 0) is 25.5 Å². The quantitative estimate of drug-likeness (QED) is 0.693. The van der Waals surface area contributed by atoms with Gasteiger partial charge in [-0.2, -0.15) is 0 Å². The standard InChI is InChI=1S/C22H22N2O4/c25-20(14-17-15-23-19-9-5-4-8-18(17)19)28-21(16-6-2-1-3-7-16)22(26)24-10-12-27-13-11-24/h1-9,15,21,23H,10-14H2/t21-/m1/s1. The number of esters is 1. The molecule has 1 atom stereocenters. The second-order valence-electron chi connectivity index (χ2n) is 6.75. The van der Waals surface area contributed by atoms with Crippen LogP contribution in [0.2, 0.25) is 0 Å². The van der Waals surface area contributed by atoms with Crippen LogP contribution in [0.1, 0.15) is 17.2 Å². The van der Waals surface area contributed by atoms with E-state index in [9.17, 15) is 9.59 Å². The lowest BCUT2D eigenvalue weighted by Crippen LogP contribution is -2.44. The molecule has 0 saturated carbocycles. The topological polar surface area (TPSA) is 71.6 Å². The predicted molar refractivity (Wildman–Crippen MR) is 105 cm³/mol. The third kappa shape index (κ3) is 3.92. The Hall–Kier alpha value is -3.12. The number of nitrogens with zero attached hydrogens (tertiary/aromatic N) is 1. The molecule has 0 aliphatic carbocycles. The molecular weight excluding hydrogens is 356 g/mol. The second kappa shape index (κ2) is 8.27. The second-order valence-corrected chi connectivity index (χ2v) is 6.75. The van der Waals surface area contributed by atoms with Crippen LogP contribution in [0.25, 0.3) is 10.9 Å². The van der Waals surface area contributed by atoms with Gasteiger partial charge in [0.25, 0.3) is 5.91 Å². The Morgan fingerprint density at radius 2 is 1.75 bits per heavy atom. The molecule has 0 bridgehead atoms. The largest absolute Gasteiger partial charge is 0.447 e. The highest BCUT2D eigenvalue weighted by atomic mass is 16.5. The molecule has 2 aromatic carbocycles. The van der Waals surface area contributed by atoms with Crippen molar-refractivity contribution in [3.63, 3.8) is 0 Å². The minimum absolute atomic E-state index is 0.101. The van der Waals surface area contributed by atoms with Gasteiger partial charge in [0, 0.05) is 35.8 Å². The Kier molecular flexibility index (Phi) is 5.39. The smallest absolute Gasteiger partial charge is 0.311 e. The van der Waals surface area contributed by atoms with Crippen molar-refractivity contribution in [2.24, 2.45) is 0 Å². The van der Waals surface area contributed by atoms with Crippen molar-refractivity contribution < 1.29 is 19.1 Å². The zero-order valence-corrected chi connectivity index (χ0v) is 15.5. The van der Waals surface area contributed by atoms with E-state index in [2.05, 4.69) is 4.98 Å². The van der Waals surface area contributed by atoms with Gasteiger partial charge in [-0.1, -0.05) is 48.5 Å². The van der Waals surface area contributed by atoms with Gasteiger partial charge in [0.1, 0.15) is 0 Å². The molecule has 1 fully saturated rings. The van der Waals surface area contributed by atoms with Gasteiger partial charge >= 0.3 is 5.97 Å². The number of carbonyl (C=O) groups excluding carboxylic acids is 2. The summed E-state index contributed by atoms with van der Waals surface area (Å²) in [5.41, 5.74) is 2.49. The maximum absolute atomic E-state index is 13.0. The Bertz CT molecular complexity index is 961. The lowest BCUT2D eigenvalue weighted by molar-refractivity contribution is -0.162. The van der Waals surface area contributed by atoms with E-state index in [0.717, 1.165) is 16.5 Å². The SMILES string of the molecule is O=C(Cc1c[nH]c2ccccc12)O[C@@H](C(=O)N1CCOCC1)c1ccccc1. The summed E-state index contributed by atoms with van der Waals surface area (Å²) in [6.07, 6.45) is 0.966. The number of ether oxygens (including phenoxy) is 2. The average Bonchev–Trinajstić information content (AvgIpc) is 3.15. The number of hydrogen-bond acceptors (Lipinski definition) is 4. The van der Waals surface area contributed by atoms with E-state index in [1.165, 1.54) is 0 Å². The van der Waals surface area contributed by atoms with Gasteiger partial charge in [0.2, 0.25) is 6.10 Å². The average molecular weight is 378 g/mol. The van der Waals surface area contributed by atoms with Crippen LogP contribution in [0.3, 0.4) is 0 Å². The normalized spacial score (nSPS) is 15.4. The summed E-state index contributed by atoms with van der Waals surface area (Å²) in [6, 6.07) is 16.9. The van der Waals surface area contributed by atoms with E-state index < -0.39 is 12.1 Å². The van der Waals surface area contributed by atoms with Gasteiger partial charge in [-0.3, -0.25) is 9.59 Å². The van der Waals surface area contributed by atoms with Crippen molar-refractivity contribution in [1.82, 2.24) is 9.88 Å². The van der Waals surface area contributed by atoms with Crippen molar-refractivity contribution in [2.75, 3.05) is 26.3 Å². The maximum atomic E-state index is 13.0. The monoisotopic (exact) mass is 378 g/mol. The van der Waals surface area contributed by atoms with Gasteiger partial charge in [0.05, 0.1) is 19.6 Å². The number of fused-ring (bicyclic) bond motifs is 1. The summed E-state index contributed by atoms with van der Waals surface area (Å²) >= 11 is 0. The number of rotatable bonds is 5. The molecule has 1 N–H and O–H groups in total. The molecular formula is C22H22N2O4. The zero-order chi connectivity index (χ0) is 19.3. The number of nitrogens with one attached hydrogen (secondary N) is 1. The first-order valence-corrected chi connectivity index (χ1v) is 9.38. The maximum Gasteiger partial charge on any atom is 0.311 e. The first-order chi connectivity index (χ1) is 13.7. The third-order valence-electron chi connectivity index (χ3n) is 4.91. The van der Waals surface area contributed by atoms with E-state index in [1.807, 2.05) is 60.8 Å². The fourth-order valence-electron chi connectivity index (χ4n) is 3.44. The van der Waals surface area contributed by atoms with Crippen LogP contribution in [0.15, 0.2) is 60.8 Å². The van der Waals surface area contributed by atoms with Crippen molar-refractivity contribution in [2.45, 2.75) is 12.5 Å². The lowest BCUT2D eigenvalue weighted by Gasteiger charge is -2.30. The van der Waals surface area contributed by atoms with E-state index in [0.29, 0.717) is 31.9 Å². The molecule has 2 heterocycles. The Morgan fingerprint density at radius 1 is 1.04 bits per heavy atom. The number of H-pyrrole nitrogens is 1. The first kappa shape index (κ1) is 18.3. The van der Waals surface area contributed by atoms with Crippen molar-refractivity contribution in [3.05, 3.63) is 71.9 Å². The molecule has 6 nitrogen and oxygen atoms in total. The summed E-state index contributed by atoms with van der Waals surface area (Å²) in [5.74, 6) is -0.637. The minimum Gasteiger partial charge on any atom is -0.447 e. The van der Waals surface area contributed by atoms with Crippen molar-refractivity contribution in [3.8, 4) is 0 Å². The number of aromatic nitrogens is 1. The molecule has 1 aromatic heterocycles. The Balaban J connectivity index is 1.53. The molecule has 6 heteroatoms. The summed E-state index contributed by atoms with van der Waals surface area (Å²) < 4.78 is 11.0. The lowest BCUT2D eigenvalue weighted by atomic mass is 10.1. The number of amides is 1. The summed E-state index contributed by atoms with van der Waals surface area (Å²) in [6.45, 7) is 2.00. The molecule has 144 valence electrons. The minimum atomic E-state index is -0.947. The predicted octanol–water partition coefficient (Wildman–Crippen LogP) is 2.85. The van der Waals surface area contributed by atoms with E-state index >= 15 is 0 Å². The highest BCUT2D eigenvalue weighted by Gasteiger charge is 2.30. The number of benzene rings is 2. The van der Waals surface area contributed by atoms with Gasteiger partial charge in [-0.25, -0.2) is 0 Å². The number of morpholine rings is 1. The summed E-state index contributed by atoms with van der Waals surface area (Å²) in [5, 5.41) is 0.982. The van der Waals surface area contributed by atoms with Crippen LogP contribution >= 0.6 is 0 Å². The Morgan fingerprint density at radius 3 is 2.54 bits per heavy atom. The van der Waals surface area contributed by atoms with E-state index in [4.69, 9.17) is 9.47 Å². The van der Waals surface area contributed by atoms with E-state index in [1.54, 1.807) is 4.90 Å². The van der Waals surface area contributed by atoms with Gasteiger partial charge < -0.3 is 19.4 Å². The van der Waals surface area contributed by atoms with Crippen LogP contribution in [0, 0.1) is 0 Å². The fourth-order valence-corrected chi connectivity index (χ4v) is 3.44. The molecule has 0 unspecified atom stereocenters. The highest BCUT2D eigenvalue weighted by molar-refractivity contribution is 5.89.